The molecule has 0 aliphatic heterocycles. The van der Waals surface area contributed by atoms with E-state index in [9.17, 15) is 0 Å². The molecule has 0 atom stereocenters. The second-order valence-corrected chi connectivity index (χ2v) is 3.47. The van der Waals surface area contributed by atoms with Crippen LogP contribution >= 0.6 is 0 Å². The summed E-state index contributed by atoms with van der Waals surface area (Å²) in [5, 5.41) is 3.13. The van der Waals surface area contributed by atoms with Gasteiger partial charge in [-0.05, 0) is 40.0 Å². The number of ether oxygens (including phenoxy) is 1. The van der Waals surface area contributed by atoms with Gasteiger partial charge in [0.25, 0.3) is 0 Å². The topological polar surface area (TPSA) is 50.5 Å². The summed E-state index contributed by atoms with van der Waals surface area (Å²) in [7, 11) is 1.99. The Hall–Kier alpha value is -0.160. The molecule has 16 heavy (non-hydrogen) atoms. The third-order valence-electron chi connectivity index (χ3n) is 2.27. The standard InChI is InChI=1S/C7H18N2.C5H13NO/c1-4-9(5-2)7-6-8-3;1-2-7-5-3-4-6/h8H,4-7H2,1-3H3;2-6H2,1H3. The summed E-state index contributed by atoms with van der Waals surface area (Å²) in [4.78, 5) is 2.40. The molecule has 0 aliphatic rings. The van der Waals surface area contributed by atoms with Crippen molar-refractivity contribution in [3.63, 3.8) is 0 Å². The quantitative estimate of drug-likeness (QED) is 0.582. The summed E-state index contributed by atoms with van der Waals surface area (Å²) in [6.45, 7) is 13.3. The van der Waals surface area contributed by atoms with Gasteiger partial charge in [-0.25, -0.2) is 0 Å². The summed E-state index contributed by atoms with van der Waals surface area (Å²) in [5.74, 6) is 0. The maximum atomic E-state index is 5.19. The molecule has 3 N–H and O–H groups in total. The van der Waals surface area contributed by atoms with E-state index in [0.717, 1.165) is 45.8 Å². The Morgan fingerprint density at radius 3 is 2.19 bits per heavy atom. The second-order valence-electron chi connectivity index (χ2n) is 3.47. The van der Waals surface area contributed by atoms with Crippen LogP contribution in [-0.4, -0.2) is 57.9 Å². The average molecular weight is 233 g/mol. The number of nitrogens with two attached hydrogens (primary N) is 1. The number of hydrogen-bond acceptors (Lipinski definition) is 4. The van der Waals surface area contributed by atoms with Crippen molar-refractivity contribution >= 4 is 0 Å². The fourth-order valence-electron chi connectivity index (χ4n) is 1.14. The van der Waals surface area contributed by atoms with Gasteiger partial charge in [-0.15, -0.1) is 0 Å². The van der Waals surface area contributed by atoms with Gasteiger partial charge in [0.2, 0.25) is 0 Å². The Labute approximate surface area is 102 Å². The van der Waals surface area contributed by atoms with E-state index in [4.69, 9.17) is 10.5 Å². The van der Waals surface area contributed by atoms with Gasteiger partial charge in [0, 0.05) is 26.3 Å². The molecule has 0 aliphatic carbocycles. The van der Waals surface area contributed by atoms with E-state index < -0.39 is 0 Å². The molecule has 0 fully saturated rings. The first-order chi connectivity index (χ1) is 7.76. The predicted molar refractivity (Wildman–Crippen MR) is 71.9 cm³/mol. The van der Waals surface area contributed by atoms with Crippen LogP contribution in [0.2, 0.25) is 0 Å². The molecule has 4 nitrogen and oxygen atoms in total. The van der Waals surface area contributed by atoms with Gasteiger partial charge in [-0.3, -0.25) is 0 Å². The largest absolute Gasteiger partial charge is 0.382 e. The van der Waals surface area contributed by atoms with Gasteiger partial charge in [0.1, 0.15) is 0 Å². The molecule has 0 saturated carbocycles. The van der Waals surface area contributed by atoms with Crippen molar-refractivity contribution in [3.8, 4) is 0 Å². The van der Waals surface area contributed by atoms with E-state index in [2.05, 4.69) is 24.1 Å². The Kier molecular flexibility index (Phi) is 19.6. The molecule has 0 spiro atoms. The van der Waals surface area contributed by atoms with Gasteiger partial charge in [-0.2, -0.15) is 0 Å². The first-order valence-electron chi connectivity index (χ1n) is 6.41. The normalized spacial score (nSPS) is 10.1. The van der Waals surface area contributed by atoms with Crippen molar-refractivity contribution in [2.75, 3.05) is 53.0 Å². The molecular weight excluding hydrogens is 202 g/mol. The zero-order valence-electron chi connectivity index (χ0n) is 11.6. The molecule has 0 bridgehead atoms. The lowest BCUT2D eigenvalue weighted by Crippen LogP contribution is -2.30. The van der Waals surface area contributed by atoms with E-state index in [-0.39, 0.29) is 0 Å². The molecule has 0 heterocycles. The second kappa shape index (κ2) is 17.2. The molecule has 0 rings (SSSR count). The zero-order chi connectivity index (χ0) is 12.6. The third-order valence-corrected chi connectivity index (χ3v) is 2.27. The van der Waals surface area contributed by atoms with E-state index >= 15 is 0 Å². The fourth-order valence-corrected chi connectivity index (χ4v) is 1.14. The van der Waals surface area contributed by atoms with Crippen LogP contribution in [-0.2, 0) is 4.74 Å². The summed E-state index contributed by atoms with van der Waals surface area (Å²) < 4.78 is 4.99. The molecule has 0 amide bonds. The van der Waals surface area contributed by atoms with Crippen LogP contribution in [0.1, 0.15) is 27.2 Å². The molecule has 0 aromatic heterocycles. The van der Waals surface area contributed by atoms with E-state index in [0.29, 0.717) is 0 Å². The minimum atomic E-state index is 0.736. The molecule has 100 valence electrons. The average Bonchev–Trinajstić information content (AvgIpc) is 2.32. The summed E-state index contributed by atoms with van der Waals surface area (Å²) in [6.07, 6.45) is 0.980. The monoisotopic (exact) mass is 233 g/mol. The number of rotatable bonds is 9. The van der Waals surface area contributed by atoms with Crippen molar-refractivity contribution in [1.82, 2.24) is 10.2 Å². The number of nitrogens with one attached hydrogen (secondary N) is 1. The summed E-state index contributed by atoms with van der Waals surface area (Å²) in [5.41, 5.74) is 5.19. The van der Waals surface area contributed by atoms with Crippen molar-refractivity contribution < 1.29 is 4.74 Å². The predicted octanol–water partition coefficient (Wildman–Crippen LogP) is 0.919. The Morgan fingerprint density at radius 2 is 1.81 bits per heavy atom. The van der Waals surface area contributed by atoms with Crippen molar-refractivity contribution in [2.45, 2.75) is 27.2 Å². The zero-order valence-corrected chi connectivity index (χ0v) is 11.6. The maximum absolute atomic E-state index is 5.19. The SMILES string of the molecule is CCN(CC)CCNC.CCOCCCN. The Bertz CT molecular complexity index is 104. The van der Waals surface area contributed by atoms with Crippen LogP contribution in [0.15, 0.2) is 0 Å². The highest BCUT2D eigenvalue weighted by Crippen LogP contribution is 1.82. The van der Waals surface area contributed by atoms with Crippen LogP contribution in [0.25, 0.3) is 0 Å². The van der Waals surface area contributed by atoms with Crippen LogP contribution < -0.4 is 11.1 Å². The van der Waals surface area contributed by atoms with Gasteiger partial charge in [0.15, 0.2) is 0 Å². The first-order valence-corrected chi connectivity index (χ1v) is 6.41. The lowest BCUT2D eigenvalue weighted by Gasteiger charge is -2.16. The number of nitrogens with zero attached hydrogens (tertiary/aromatic N) is 1. The highest BCUT2D eigenvalue weighted by Gasteiger charge is 1.94. The number of hydrogen-bond donors (Lipinski definition) is 2. The molecule has 0 aromatic carbocycles. The van der Waals surface area contributed by atoms with E-state index in [1.54, 1.807) is 0 Å². The Morgan fingerprint density at radius 1 is 1.19 bits per heavy atom. The van der Waals surface area contributed by atoms with Crippen LogP contribution in [0, 0.1) is 0 Å². The van der Waals surface area contributed by atoms with E-state index in [1.807, 2.05) is 14.0 Å². The van der Waals surface area contributed by atoms with Crippen LogP contribution in [0.3, 0.4) is 0 Å². The molecule has 0 radical (unpaired) electrons. The minimum Gasteiger partial charge on any atom is -0.382 e. The summed E-state index contributed by atoms with van der Waals surface area (Å²) in [6, 6.07) is 0. The third kappa shape index (κ3) is 16.3. The molecule has 0 aromatic rings. The van der Waals surface area contributed by atoms with Crippen molar-refractivity contribution in [3.05, 3.63) is 0 Å². The highest BCUT2D eigenvalue weighted by atomic mass is 16.5. The van der Waals surface area contributed by atoms with Crippen molar-refractivity contribution in [1.29, 1.82) is 0 Å². The Balaban J connectivity index is 0. The van der Waals surface area contributed by atoms with Gasteiger partial charge in [0.05, 0.1) is 0 Å². The maximum Gasteiger partial charge on any atom is 0.0477 e. The van der Waals surface area contributed by atoms with Crippen molar-refractivity contribution in [2.24, 2.45) is 5.73 Å². The lowest BCUT2D eigenvalue weighted by atomic mass is 10.5. The van der Waals surface area contributed by atoms with Crippen LogP contribution in [0.4, 0.5) is 0 Å². The van der Waals surface area contributed by atoms with Gasteiger partial charge < -0.3 is 20.7 Å². The highest BCUT2D eigenvalue weighted by molar-refractivity contribution is 4.52. The smallest absolute Gasteiger partial charge is 0.0477 e. The molecule has 4 heteroatoms. The molecule has 0 unspecified atom stereocenters. The van der Waals surface area contributed by atoms with Crippen LogP contribution in [0.5, 0.6) is 0 Å². The first kappa shape index (κ1) is 18.2. The minimum absolute atomic E-state index is 0.736. The van der Waals surface area contributed by atoms with E-state index in [1.165, 1.54) is 6.54 Å². The van der Waals surface area contributed by atoms with Gasteiger partial charge >= 0.3 is 0 Å². The summed E-state index contributed by atoms with van der Waals surface area (Å²) >= 11 is 0. The lowest BCUT2D eigenvalue weighted by molar-refractivity contribution is 0.146. The fraction of sp³-hybridized carbons (Fsp3) is 1.00. The molecule has 0 saturated heterocycles. The van der Waals surface area contributed by atoms with Gasteiger partial charge in [-0.1, -0.05) is 13.8 Å². The number of likely N-dealkylation sites (N-methyl/N-ethyl adjacent to an activating group) is 2. The molecular formula is C12H31N3O.